The second-order valence-corrected chi connectivity index (χ2v) is 17.1. The van der Waals surface area contributed by atoms with Gasteiger partial charge in [0.05, 0.1) is 36.3 Å². The van der Waals surface area contributed by atoms with Crippen molar-refractivity contribution in [3.8, 4) is 0 Å². The molecule has 8 N–H and O–H groups in total. The second kappa shape index (κ2) is 11.4. The van der Waals surface area contributed by atoms with Gasteiger partial charge in [-0.2, -0.15) is 0 Å². The van der Waals surface area contributed by atoms with E-state index in [4.69, 9.17) is 9.47 Å². The van der Waals surface area contributed by atoms with Crippen molar-refractivity contribution < 1.29 is 59.9 Å². The molecule has 1 saturated heterocycles. The van der Waals surface area contributed by atoms with E-state index in [0.717, 1.165) is 5.57 Å². The summed E-state index contributed by atoms with van der Waals surface area (Å²) < 4.78 is 11.4. The third-order valence-corrected chi connectivity index (χ3v) is 14.8. The molecule has 0 aromatic carbocycles. The number of aliphatic carboxylic acids is 1. The number of carbonyl (C=O) groups is 2. The highest BCUT2D eigenvalue weighted by molar-refractivity contribution is 5.79. The van der Waals surface area contributed by atoms with Gasteiger partial charge in [-0.25, -0.2) is 0 Å². The van der Waals surface area contributed by atoms with Gasteiger partial charge in [-0.3, -0.25) is 9.59 Å². The van der Waals surface area contributed by atoms with E-state index < -0.39 is 101 Å². The van der Waals surface area contributed by atoms with E-state index >= 15 is 0 Å². The fraction of sp³-hybridized carbons (Fsp3) is 0.886. The topological polar surface area (TPSA) is 214 Å². The van der Waals surface area contributed by atoms with Crippen molar-refractivity contribution in [1.82, 2.24) is 0 Å². The molecule has 266 valence electrons. The van der Waals surface area contributed by atoms with E-state index in [0.29, 0.717) is 44.9 Å². The monoisotopic (exact) mass is 666 g/mol. The zero-order valence-electron chi connectivity index (χ0n) is 28.1. The van der Waals surface area contributed by atoms with Gasteiger partial charge in [-0.05, 0) is 84.9 Å². The van der Waals surface area contributed by atoms with Crippen LogP contribution in [-0.4, -0.2) is 108 Å². The second-order valence-electron chi connectivity index (χ2n) is 17.1. The van der Waals surface area contributed by atoms with Crippen molar-refractivity contribution in [2.24, 2.45) is 50.7 Å². The Morgan fingerprint density at radius 3 is 2.19 bits per heavy atom. The Hall–Kier alpha value is -1.64. The van der Waals surface area contributed by atoms with Crippen LogP contribution in [0.1, 0.15) is 86.0 Å². The Morgan fingerprint density at radius 1 is 0.894 bits per heavy atom. The molecule has 0 spiro atoms. The first-order chi connectivity index (χ1) is 21.8. The smallest absolute Gasteiger partial charge is 0.315 e. The predicted octanol–water partition coefficient (Wildman–Crippen LogP) is 1.11. The van der Waals surface area contributed by atoms with E-state index in [9.17, 15) is 50.4 Å². The lowest BCUT2D eigenvalue weighted by Crippen LogP contribution is -2.67. The summed E-state index contributed by atoms with van der Waals surface area (Å²) in [5, 5.41) is 84.9. The number of carboxylic acids is 1. The molecule has 12 heteroatoms. The zero-order chi connectivity index (χ0) is 34.6. The molecular formula is C35H54O12. The molecule has 5 aliphatic carbocycles. The number of fused-ring (bicyclic) bond motifs is 7. The summed E-state index contributed by atoms with van der Waals surface area (Å²) in [6.07, 6.45) is -5.17. The van der Waals surface area contributed by atoms with E-state index in [1.807, 2.05) is 13.8 Å². The van der Waals surface area contributed by atoms with Crippen molar-refractivity contribution in [3.63, 3.8) is 0 Å². The van der Waals surface area contributed by atoms with Gasteiger partial charge in [0.1, 0.15) is 24.4 Å². The van der Waals surface area contributed by atoms with Crippen molar-refractivity contribution in [1.29, 1.82) is 0 Å². The first-order valence-corrected chi connectivity index (χ1v) is 17.3. The number of hydrogen-bond donors (Lipinski definition) is 8. The molecule has 5 fully saturated rings. The van der Waals surface area contributed by atoms with Crippen LogP contribution in [0.4, 0.5) is 0 Å². The standard InChI is InChI=1S/C35H54O12/c1-31(2)10-12-35(30(45)47-29-26(41)25(40)24(39)19(15-36)46-29)13-11-33(4)17(22(35)27(31)42)6-7-20-32(3)14-18(37)23(38)21(28(43)44)16(32)8-9-34(20,33)5/h6,16,18-27,29,36-42H,7-15H2,1-5H3,(H,43,44). The third kappa shape index (κ3) is 4.76. The number of rotatable bonds is 4. The lowest BCUT2D eigenvalue weighted by Gasteiger charge is -2.70. The van der Waals surface area contributed by atoms with Gasteiger partial charge < -0.3 is 50.3 Å². The van der Waals surface area contributed by atoms with Gasteiger partial charge in [0, 0.05) is 5.92 Å². The molecule has 16 atom stereocenters. The molecule has 1 aliphatic heterocycles. The molecule has 6 rings (SSSR count). The Morgan fingerprint density at radius 2 is 1.55 bits per heavy atom. The lowest BCUT2D eigenvalue weighted by atomic mass is 9.34. The van der Waals surface area contributed by atoms with Gasteiger partial charge in [0.25, 0.3) is 0 Å². The Balaban J connectivity index is 1.39. The molecule has 47 heavy (non-hydrogen) atoms. The van der Waals surface area contributed by atoms with Crippen LogP contribution in [0.2, 0.25) is 0 Å². The normalized spacial score (nSPS) is 53.7. The Labute approximate surface area is 275 Å². The maximum absolute atomic E-state index is 14.4. The van der Waals surface area contributed by atoms with Crippen LogP contribution < -0.4 is 0 Å². The quantitative estimate of drug-likeness (QED) is 0.157. The lowest BCUT2D eigenvalue weighted by molar-refractivity contribution is -0.298. The molecule has 12 nitrogen and oxygen atoms in total. The fourth-order valence-corrected chi connectivity index (χ4v) is 11.6. The Kier molecular flexibility index (Phi) is 8.57. The number of carboxylic acid groups (broad SMARTS) is 1. The summed E-state index contributed by atoms with van der Waals surface area (Å²) in [6.45, 7) is 9.80. The minimum atomic E-state index is -1.74. The maximum atomic E-state index is 14.4. The number of aliphatic hydroxyl groups is 7. The van der Waals surface area contributed by atoms with E-state index in [1.165, 1.54) is 0 Å². The summed E-state index contributed by atoms with van der Waals surface area (Å²) >= 11 is 0. The van der Waals surface area contributed by atoms with Crippen LogP contribution in [-0.2, 0) is 19.1 Å². The Bertz CT molecular complexity index is 1300. The molecule has 16 unspecified atom stereocenters. The van der Waals surface area contributed by atoms with E-state index in [-0.39, 0.29) is 23.7 Å². The zero-order valence-corrected chi connectivity index (χ0v) is 28.1. The minimum absolute atomic E-state index is 0.0196. The molecule has 0 radical (unpaired) electrons. The average Bonchev–Trinajstić information content (AvgIpc) is 3.00. The number of ether oxygens (including phenoxy) is 2. The highest BCUT2D eigenvalue weighted by atomic mass is 16.7. The van der Waals surface area contributed by atoms with Crippen molar-refractivity contribution in [2.45, 2.75) is 135 Å². The number of aliphatic hydroxyl groups excluding tert-OH is 7. The van der Waals surface area contributed by atoms with Gasteiger partial charge in [-0.15, -0.1) is 0 Å². The van der Waals surface area contributed by atoms with Crippen molar-refractivity contribution >= 4 is 11.9 Å². The molecule has 0 amide bonds. The summed E-state index contributed by atoms with van der Waals surface area (Å²) in [7, 11) is 0. The number of allylic oxidation sites excluding steroid dienone is 1. The summed E-state index contributed by atoms with van der Waals surface area (Å²) in [5.41, 5.74) is -2.15. The van der Waals surface area contributed by atoms with Crippen LogP contribution in [0.15, 0.2) is 11.6 Å². The van der Waals surface area contributed by atoms with Crippen LogP contribution in [0, 0.1) is 50.7 Å². The highest BCUT2D eigenvalue weighted by Gasteiger charge is 2.71. The van der Waals surface area contributed by atoms with Gasteiger partial charge in [0.2, 0.25) is 6.29 Å². The number of hydrogen-bond acceptors (Lipinski definition) is 11. The van der Waals surface area contributed by atoms with Crippen LogP contribution in [0.3, 0.4) is 0 Å². The average molecular weight is 667 g/mol. The molecule has 4 saturated carbocycles. The molecular weight excluding hydrogens is 612 g/mol. The number of esters is 1. The first-order valence-electron chi connectivity index (χ1n) is 17.3. The molecule has 0 aromatic rings. The highest BCUT2D eigenvalue weighted by Crippen LogP contribution is 2.75. The number of carbonyl (C=O) groups excluding carboxylic acids is 1. The third-order valence-electron chi connectivity index (χ3n) is 14.8. The summed E-state index contributed by atoms with van der Waals surface area (Å²) in [6, 6.07) is 0. The molecule has 0 aromatic heterocycles. The van der Waals surface area contributed by atoms with Crippen molar-refractivity contribution in [3.05, 3.63) is 11.6 Å². The predicted molar refractivity (Wildman–Crippen MR) is 165 cm³/mol. The van der Waals surface area contributed by atoms with Crippen molar-refractivity contribution in [2.75, 3.05) is 6.61 Å². The van der Waals surface area contributed by atoms with Crippen LogP contribution in [0.5, 0.6) is 0 Å². The summed E-state index contributed by atoms with van der Waals surface area (Å²) in [4.78, 5) is 26.8. The van der Waals surface area contributed by atoms with Crippen LogP contribution in [0.25, 0.3) is 0 Å². The largest absolute Gasteiger partial charge is 0.481 e. The van der Waals surface area contributed by atoms with Gasteiger partial charge in [0.15, 0.2) is 0 Å². The SMILES string of the molecule is CC1(C)CCC2(C(=O)OC3OC(CO)C(O)C(O)C3O)CCC3(C)C(=CCC4C5(C)CC(O)C(O)C(C(=O)O)C5CCC43C)C2C1O. The minimum Gasteiger partial charge on any atom is -0.481 e. The fourth-order valence-electron chi connectivity index (χ4n) is 11.6. The molecule has 1 heterocycles. The van der Waals surface area contributed by atoms with Crippen LogP contribution >= 0.6 is 0 Å². The summed E-state index contributed by atoms with van der Waals surface area (Å²) in [5.74, 6) is -3.79. The van der Waals surface area contributed by atoms with E-state index in [1.54, 1.807) is 0 Å². The van der Waals surface area contributed by atoms with Gasteiger partial charge >= 0.3 is 11.9 Å². The molecule has 0 bridgehead atoms. The van der Waals surface area contributed by atoms with Gasteiger partial charge in [-0.1, -0.05) is 46.3 Å². The van der Waals surface area contributed by atoms with E-state index in [2.05, 4.69) is 26.8 Å². The first kappa shape index (κ1) is 35.2. The molecule has 6 aliphatic rings. The maximum Gasteiger partial charge on any atom is 0.315 e.